The Balaban J connectivity index is 1.59. The third kappa shape index (κ3) is 6.39. The Morgan fingerprint density at radius 2 is 1.76 bits per heavy atom. The summed E-state index contributed by atoms with van der Waals surface area (Å²) in [6.45, 7) is 1.89. The smallest absolute Gasteiger partial charge is 0.248 e. The molecule has 7 nitrogen and oxygen atoms in total. The van der Waals surface area contributed by atoms with Gasteiger partial charge in [0.15, 0.2) is 9.84 Å². The SMILES string of the molecule is COCC(=O)N1CC[C@H](NCc2cc(-c3ccccc3S(C)(=O)=O)ccc2OC)[C@H](c2ccccc2)C1. The number of nitrogens with zero attached hydrogens (tertiary/aromatic N) is 1. The fourth-order valence-corrected chi connectivity index (χ4v) is 5.94. The number of carbonyl (C=O) groups is 1. The molecule has 3 aromatic carbocycles. The van der Waals surface area contributed by atoms with E-state index in [2.05, 4.69) is 17.4 Å². The molecule has 2 atom stereocenters. The Morgan fingerprint density at radius 1 is 1.03 bits per heavy atom. The largest absolute Gasteiger partial charge is 0.496 e. The van der Waals surface area contributed by atoms with Crippen molar-refractivity contribution in [1.29, 1.82) is 0 Å². The molecule has 1 amide bonds. The van der Waals surface area contributed by atoms with Crippen LogP contribution in [-0.4, -0.2) is 65.4 Å². The van der Waals surface area contributed by atoms with Crippen LogP contribution in [0.2, 0.25) is 0 Å². The number of piperidine rings is 1. The van der Waals surface area contributed by atoms with E-state index in [1.807, 2.05) is 53.4 Å². The quantitative estimate of drug-likeness (QED) is 0.459. The molecule has 4 rings (SSSR count). The van der Waals surface area contributed by atoms with Crippen LogP contribution in [0.4, 0.5) is 0 Å². The summed E-state index contributed by atoms with van der Waals surface area (Å²) in [5.74, 6) is 0.855. The normalized spacial score (nSPS) is 18.0. The Morgan fingerprint density at radius 3 is 2.46 bits per heavy atom. The summed E-state index contributed by atoms with van der Waals surface area (Å²) in [5.41, 5.74) is 3.60. The van der Waals surface area contributed by atoms with Crippen molar-refractivity contribution in [3.8, 4) is 16.9 Å². The Hall–Kier alpha value is -3.20. The maximum atomic E-state index is 12.5. The molecule has 0 spiro atoms. The lowest BCUT2D eigenvalue weighted by Crippen LogP contribution is -2.50. The van der Waals surface area contributed by atoms with Crippen LogP contribution in [-0.2, 0) is 25.9 Å². The molecule has 8 heteroatoms. The number of hydrogen-bond donors (Lipinski definition) is 1. The van der Waals surface area contributed by atoms with Crippen LogP contribution in [0, 0.1) is 0 Å². The minimum absolute atomic E-state index is 0.000735. The zero-order valence-corrected chi connectivity index (χ0v) is 22.3. The monoisotopic (exact) mass is 522 g/mol. The van der Waals surface area contributed by atoms with Crippen molar-refractivity contribution >= 4 is 15.7 Å². The van der Waals surface area contributed by atoms with E-state index in [0.29, 0.717) is 30.1 Å². The van der Waals surface area contributed by atoms with Gasteiger partial charge < -0.3 is 19.7 Å². The first-order valence-corrected chi connectivity index (χ1v) is 14.2. The molecule has 0 bridgehead atoms. The number of nitrogens with one attached hydrogen (secondary N) is 1. The lowest BCUT2D eigenvalue weighted by Gasteiger charge is -2.39. The third-order valence-corrected chi connectivity index (χ3v) is 8.05. The average Bonchev–Trinajstić information content (AvgIpc) is 2.91. The summed E-state index contributed by atoms with van der Waals surface area (Å²) < 4.78 is 35.5. The molecule has 1 fully saturated rings. The molecule has 37 heavy (non-hydrogen) atoms. The van der Waals surface area contributed by atoms with Crippen molar-refractivity contribution in [2.24, 2.45) is 0 Å². The number of amides is 1. The van der Waals surface area contributed by atoms with Gasteiger partial charge in [-0.05, 0) is 35.7 Å². The number of sulfone groups is 1. The molecule has 0 radical (unpaired) electrons. The third-order valence-electron chi connectivity index (χ3n) is 6.89. The fourth-order valence-electron chi connectivity index (χ4n) is 5.03. The molecule has 1 heterocycles. The average molecular weight is 523 g/mol. The Bertz CT molecular complexity index is 1330. The van der Waals surface area contributed by atoms with Crippen LogP contribution in [0.25, 0.3) is 11.1 Å². The highest BCUT2D eigenvalue weighted by molar-refractivity contribution is 7.90. The second kappa shape index (κ2) is 11.9. The van der Waals surface area contributed by atoms with Crippen molar-refractivity contribution in [3.63, 3.8) is 0 Å². The van der Waals surface area contributed by atoms with E-state index >= 15 is 0 Å². The zero-order chi connectivity index (χ0) is 26.4. The van der Waals surface area contributed by atoms with Crippen molar-refractivity contribution in [2.45, 2.75) is 29.8 Å². The minimum Gasteiger partial charge on any atom is -0.496 e. The molecular formula is C29H34N2O5S. The topological polar surface area (TPSA) is 84.9 Å². The maximum Gasteiger partial charge on any atom is 0.248 e. The summed E-state index contributed by atoms with van der Waals surface area (Å²) >= 11 is 0. The van der Waals surface area contributed by atoms with Crippen LogP contribution in [0.1, 0.15) is 23.5 Å². The van der Waals surface area contributed by atoms with Crippen molar-refractivity contribution in [3.05, 3.63) is 83.9 Å². The van der Waals surface area contributed by atoms with Gasteiger partial charge >= 0.3 is 0 Å². The molecule has 0 saturated carbocycles. The predicted octanol–water partition coefficient (Wildman–Crippen LogP) is 3.89. The first kappa shape index (κ1) is 26.9. The number of methoxy groups -OCH3 is 2. The van der Waals surface area contributed by atoms with E-state index in [4.69, 9.17) is 9.47 Å². The van der Waals surface area contributed by atoms with Gasteiger partial charge in [0.25, 0.3) is 0 Å². The Labute approximate surface area is 219 Å². The van der Waals surface area contributed by atoms with Crippen LogP contribution < -0.4 is 10.1 Å². The molecule has 196 valence electrons. The van der Waals surface area contributed by atoms with Gasteiger partial charge in [0.1, 0.15) is 12.4 Å². The number of carbonyl (C=O) groups excluding carboxylic acids is 1. The summed E-state index contributed by atoms with van der Waals surface area (Å²) in [7, 11) is -0.209. The van der Waals surface area contributed by atoms with Gasteiger partial charge in [0.2, 0.25) is 5.91 Å². The number of hydrogen-bond acceptors (Lipinski definition) is 6. The molecular weight excluding hydrogens is 488 g/mol. The van der Waals surface area contributed by atoms with Gasteiger partial charge in [0.05, 0.1) is 12.0 Å². The van der Waals surface area contributed by atoms with Crippen molar-refractivity contribution in [2.75, 3.05) is 40.2 Å². The number of rotatable bonds is 9. The highest BCUT2D eigenvalue weighted by atomic mass is 32.2. The number of ether oxygens (including phenoxy) is 2. The van der Waals surface area contributed by atoms with Crippen LogP contribution in [0.3, 0.4) is 0 Å². The first-order valence-electron chi connectivity index (χ1n) is 12.3. The molecule has 1 aliphatic rings. The van der Waals surface area contributed by atoms with E-state index in [-0.39, 0.29) is 24.5 Å². The Kier molecular flexibility index (Phi) is 8.63. The summed E-state index contributed by atoms with van der Waals surface area (Å²) in [6.07, 6.45) is 2.03. The van der Waals surface area contributed by atoms with Crippen LogP contribution in [0.5, 0.6) is 5.75 Å². The van der Waals surface area contributed by atoms with Gasteiger partial charge in [0, 0.05) is 56.1 Å². The highest BCUT2D eigenvalue weighted by Gasteiger charge is 2.32. The maximum absolute atomic E-state index is 12.5. The van der Waals surface area contributed by atoms with Crippen LogP contribution >= 0.6 is 0 Å². The second-order valence-corrected chi connectivity index (χ2v) is 11.3. The minimum atomic E-state index is -3.38. The van der Waals surface area contributed by atoms with Crippen molar-refractivity contribution in [1.82, 2.24) is 10.2 Å². The summed E-state index contributed by atoms with van der Waals surface area (Å²) in [6, 6.07) is 23.2. The highest BCUT2D eigenvalue weighted by Crippen LogP contribution is 2.32. The molecule has 1 saturated heterocycles. The molecule has 1 aliphatic heterocycles. The fraction of sp³-hybridized carbons (Fsp3) is 0.345. The molecule has 3 aromatic rings. The van der Waals surface area contributed by atoms with E-state index in [9.17, 15) is 13.2 Å². The van der Waals surface area contributed by atoms with Gasteiger partial charge in [-0.15, -0.1) is 0 Å². The van der Waals surface area contributed by atoms with E-state index in [0.717, 1.165) is 23.3 Å². The van der Waals surface area contributed by atoms with E-state index in [1.165, 1.54) is 18.9 Å². The van der Waals surface area contributed by atoms with Crippen molar-refractivity contribution < 1.29 is 22.7 Å². The first-order chi connectivity index (χ1) is 17.8. The van der Waals surface area contributed by atoms with Gasteiger partial charge in [-0.2, -0.15) is 0 Å². The van der Waals surface area contributed by atoms with Gasteiger partial charge in [-0.25, -0.2) is 8.42 Å². The standard InChI is InChI=1S/C29H34N2O5S/c1-35-20-29(32)31-16-15-26(25(19-31)21-9-5-4-6-10-21)30-18-23-17-22(13-14-27(23)36-2)24-11-7-8-12-28(24)37(3,33)34/h4-14,17,25-26,30H,15-16,18-20H2,1-3H3/t25-,26-/m0/s1. The summed E-state index contributed by atoms with van der Waals surface area (Å²) in [5, 5.41) is 3.71. The number of likely N-dealkylation sites (tertiary alicyclic amines) is 1. The number of benzene rings is 3. The van der Waals surface area contributed by atoms with Gasteiger partial charge in [-0.1, -0.05) is 54.6 Å². The lowest BCUT2D eigenvalue weighted by atomic mass is 9.85. The van der Waals surface area contributed by atoms with E-state index < -0.39 is 9.84 Å². The molecule has 1 N–H and O–H groups in total. The van der Waals surface area contributed by atoms with E-state index in [1.54, 1.807) is 19.2 Å². The molecule has 0 aromatic heterocycles. The lowest BCUT2D eigenvalue weighted by molar-refractivity contribution is -0.136. The predicted molar refractivity (Wildman–Crippen MR) is 144 cm³/mol. The molecule has 0 unspecified atom stereocenters. The zero-order valence-electron chi connectivity index (χ0n) is 21.5. The van der Waals surface area contributed by atoms with Crippen LogP contribution in [0.15, 0.2) is 77.7 Å². The second-order valence-electron chi connectivity index (χ2n) is 9.36. The van der Waals surface area contributed by atoms with Gasteiger partial charge in [-0.3, -0.25) is 4.79 Å². The summed E-state index contributed by atoms with van der Waals surface area (Å²) in [4.78, 5) is 14.7. The molecule has 0 aliphatic carbocycles.